The van der Waals surface area contributed by atoms with Gasteiger partial charge in [0.2, 0.25) is 0 Å². The molecule has 18 rings (SSSR count). The second kappa shape index (κ2) is 46.7. The smallest absolute Gasteiger partial charge is 0.339 e. The predicted molar refractivity (Wildman–Crippen MR) is 575 cm³/mol. The van der Waals surface area contributed by atoms with E-state index in [-0.39, 0.29) is 105 Å². The maximum Gasteiger partial charge on any atom is 0.339 e. The largest absolute Gasteiger partial charge is 0.497 e. The summed E-state index contributed by atoms with van der Waals surface area (Å²) in [7, 11) is 5.99. The van der Waals surface area contributed by atoms with Crippen molar-refractivity contribution in [2.75, 3.05) is 60.3 Å². The highest BCUT2D eigenvalue weighted by molar-refractivity contribution is 7.19. The molecule has 38 heteroatoms. The average molecular weight is 2170 g/mol. The van der Waals surface area contributed by atoms with Crippen LogP contribution < -0.4 is 50.8 Å². The third kappa shape index (κ3) is 27.3. The van der Waals surface area contributed by atoms with E-state index in [1.807, 2.05) is 6.07 Å². The Morgan fingerprint density at radius 1 is 0.260 bits per heavy atom. The van der Waals surface area contributed by atoms with Crippen molar-refractivity contribution in [1.82, 2.24) is 0 Å². The van der Waals surface area contributed by atoms with Gasteiger partial charge in [0.05, 0.1) is 72.9 Å². The van der Waals surface area contributed by atoms with Gasteiger partial charge in [0.25, 0.3) is 35.4 Å². The summed E-state index contributed by atoms with van der Waals surface area (Å²) in [5.41, 5.74) is 8.05. The number of hydrogen-bond donors (Lipinski definition) is 12. The van der Waals surface area contributed by atoms with E-state index in [9.17, 15) is 106 Å². The van der Waals surface area contributed by atoms with Crippen LogP contribution in [0.4, 0.5) is 47.6 Å². The van der Waals surface area contributed by atoms with Crippen LogP contribution in [0.15, 0.2) is 133 Å². The molecule has 6 aromatic heterocycles. The Morgan fingerprint density at radius 3 is 0.767 bits per heavy atom. The summed E-state index contributed by atoms with van der Waals surface area (Å²) in [5, 5.41) is 75.9. The Morgan fingerprint density at radius 2 is 0.500 bits per heavy atom. The van der Waals surface area contributed by atoms with Crippen LogP contribution in [0.5, 0.6) is 23.0 Å². The van der Waals surface area contributed by atoms with Crippen molar-refractivity contribution in [2.45, 2.75) is 199 Å². The zero-order chi connectivity index (χ0) is 109. The van der Waals surface area contributed by atoms with Gasteiger partial charge >= 0.3 is 35.8 Å². The predicted octanol–water partition coefficient (Wildman–Crippen LogP) is 25.9. The molecule has 0 unspecified atom stereocenters. The van der Waals surface area contributed by atoms with Gasteiger partial charge in [-0.25, -0.2) is 46.3 Å². The van der Waals surface area contributed by atoms with E-state index in [0.29, 0.717) is 97.0 Å². The monoisotopic (exact) mass is 2170 g/mol. The first-order valence-electron chi connectivity index (χ1n) is 48.2. The zero-order valence-corrected chi connectivity index (χ0v) is 90.5. The third-order valence-corrected chi connectivity index (χ3v) is 34.0. The van der Waals surface area contributed by atoms with Crippen LogP contribution in [0.25, 0.3) is 0 Å². The fraction of sp³-hybridized carbons (Fsp3) is 0.357. The van der Waals surface area contributed by atoms with Crippen molar-refractivity contribution in [3.63, 3.8) is 0 Å². The van der Waals surface area contributed by atoms with Crippen molar-refractivity contribution in [1.29, 1.82) is 0 Å². The first-order chi connectivity index (χ1) is 70.6. The highest BCUT2D eigenvalue weighted by atomic mass is 32.1. The van der Waals surface area contributed by atoms with E-state index in [1.165, 1.54) is 126 Å². The number of carbonyl (C=O) groups excluding carboxylic acids is 6. The molecule has 0 atom stereocenters. The number of methoxy groups -OCH3 is 4. The molecule has 6 amide bonds. The molecule has 0 bridgehead atoms. The average Bonchev–Trinajstić information content (AvgIpc) is 1.64. The van der Waals surface area contributed by atoms with Gasteiger partial charge in [-0.1, -0.05) is 101 Å². The zero-order valence-electron chi connectivity index (χ0n) is 85.6. The summed E-state index contributed by atoms with van der Waals surface area (Å²) in [6.45, 7) is 25.9. The molecule has 792 valence electrons. The Balaban J connectivity index is 0.000000150. The number of amides is 6. The Labute approximate surface area is 888 Å². The Hall–Kier alpha value is -13.9. The van der Waals surface area contributed by atoms with Crippen LogP contribution in [0, 0.1) is 55.8 Å². The number of ether oxygens (including phenoxy) is 4. The number of hydrogen-bond acceptors (Lipinski definition) is 22. The molecule has 0 radical (unpaired) electrons. The number of aromatic carboxylic acids is 6. The van der Waals surface area contributed by atoms with Gasteiger partial charge in [0.15, 0.2) is 11.5 Å². The van der Waals surface area contributed by atoms with E-state index in [1.54, 1.807) is 73.8 Å². The fourth-order valence-electron chi connectivity index (χ4n) is 18.8. The molecule has 6 aliphatic carbocycles. The number of nitrogens with one attached hydrogen (secondary N) is 6. The minimum absolute atomic E-state index is 0.0674. The van der Waals surface area contributed by atoms with Gasteiger partial charge in [-0.05, 0) is 285 Å². The highest BCUT2D eigenvalue weighted by Gasteiger charge is 2.41. The molecular formula is C112H118F4N6O22S6. The van der Waals surface area contributed by atoms with Gasteiger partial charge in [0.1, 0.15) is 64.8 Å². The maximum atomic E-state index is 14.1. The topological polar surface area (TPSA) is 435 Å². The number of thiophene rings is 6. The Bertz CT molecular complexity index is 7240. The molecule has 150 heavy (non-hydrogen) atoms. The first-order valence-corrected chi connectivity index (χ1v) is 53.1. The molecule has 0 spiro atoms. The highest BCUT2D eigenvalue weighted by Crippen LogP contribution is 2.52. The fourth-order valence-corrected chi connectivity index (χ4v) is 27.7. The van der Waals surface area contributed by atoms with E-state index in [2.05, 4.69) is 115 Å². The van der Waals surface area contributed by atoms with Gasteiger partial charge in [-0.3, -0.25) is 28.8 Å². The number of fused-ring (bicyclic) bond motifs is 6. The molecule has 12 N–H and O–H groups in total. The number of carbonyl (C=O) groups is 12. The standard InChI is InChI=1S/C20H23NO5S.C19H20FNO4S.C19H21NO4S.C18H17F2NO3S.C18H18FNO3S.C18H19NO3S/c1-20(2)8-7-12-15(10-20)27-18(16(12)19(23)24)21-17(22)11-5-6-13(25-3)14(9-11)26-4;1-19(2)7-6-12-14(9-19)26-17(15(12)18(23)24)21-16(22)11-5-4-10(25-3)8-13(11)20;1-19(2)9-8-13-14(10-19)25-17(15(13)18(22)23)20-16(21)11-4-6-12(24-3)7-5-11;1-18(2)6-5-11-13(8-18)25-16(14(11)17(23)24)21-15(22)10-4-3-9(19)7-12(10)20;1-18(2)8-7-12-13(9-18)24-16(14(12)17(22)23)20-15(21)10-3-5-11(19)6-4-10;1-18(2)9-8-12-13(10-18)23-16(14(12)17(21)22)19-15(20)11-6-4-3-5-7-11/h5-6,9H,7-8,10H2,1-4H3,(H,21,22)(H,23,24);4-5,8H,6-7,9H2,1-3H3,(H,21,22)(H,23,24);4-7H,8-10H2,1-3H3,(H,20,21)(H,22,23);3-4,7H,5-6,8H2,1-2H3,(H,21,22)(H,23,24);3-6H,7-9H2,1-2H3,(H,20,21)(H,22,23);3-7H,8-10H2,1-2H3,(H,19,20)(H,21,22). The van der Waals surface area contributed by atoms with Crippen molar-refractivity contribution in [2.24, 2.45) is 32.5 Å². The number of carboxylic acids is 6. The van der Waals surface area contributed by atoms with Crippen molar-refractivity contribution < 1.29 is 125 Å². The summed E-state index contributed by atoms with van der Waals surface area (Å²) in [6, 6.07) is 32.1. The van der Waals surface area contributed by atoms with E-state index in [4.69, 9.17) is 18.9 Å². The van der Waals surface area contributed by atoms with Crippen molar-refractivity contribution >= 4 is 169 Å². The minimum Gasteiger partial charge on any atom is -0.497 e. The van der Waals surface area contributed by atoms with Gasteiger partial charge in [-0.2, -0.15) is 0 Å². The molecule has 0 saturated carbocycles. The summed E-state index contributed by atoms with van der Waals surface area (Å²) in [6.07, 6.45) is 14.5. The van der Waals surface area contributed by atoms with Crippen LogP contribution in [0.3, 0.4) is 0 Å². The molecule has 6 heterocycles. The SMILES string of the molecule is CC1(C)CCc2c(sc(NC(=O)c3ccc(F)cc3)c2C(=O)O)C1.CC1(C)CCc2c(sc(NC(=O)c3ccc(F)cc3F)c2C(=O)O)C1.CC1(C)CCc2c(sc(NC(=O)c3ccccc3)c2C(=O)O)C1.COc1ccc(C(=O)Nc2sc3c(c2C(=O)O)CCC(C)(C)C3)c(F)c1.COc1ccc(C(=O)Nc2sc3c(c2C(=O)O)CCC(C)(C)C3)cc1.COc1ccc(C(=O)Nc2sc3c(c2C(=O)O)CCC(C)(C)C3)cc1OC. The van der Waals surface area contributed by atoms with Crippen molar-refractivity contribution in [3.05, 3.63) is 286 Å². The van der Waals surface area contributed by atoms with Gasteiger partial charge in [-0.15, -0.1) is 68.0 Å². The van der Waals surface area contributed by atoms with E-state index < -0.39 is 76.8 Å². The Kier molecular flexibility index (Phi) is 35.2. The molecule has 12 aromatic rings. The summed E-state index contributed by atoms with van der Waals surface area (Å²) >= 11 is 7.97. The molecule has 6 aromatic carbocycles. The quantitative estimate of drug-likeness (QED) is 0.0280. The van der Waals surface area contributed by atoms with E-state index >= 15 is 0 Å². The lowest BCUT2D eigenvalue weighted by molar-refractivity contribution is 0.0685. The lowest BCUT2D eigenvalue weighted by Gasteiger charge is -2.29. The number of anilines is 6. The van der Waals surface area contributed by atoms with Crippen LogP contribution >= 0.6 is 68.0 Å². The molecular weight excluding hydrogens is 2050 g/mol. The normalized spacial score (nSPS) is 15.4. The number of benzene rings is 6. The summed E-state index contributed by atoms with van der Waals surface area (Å²) < 4.78 is 74.3. The van der Waals surface area contributed by atoms with E-state index in [0.717, 1.165) is 171 Å². The van der Waals surface area contributed by atoms with Crippen LogP contribution in [-0.2, 0) is 77.0 Å². The molecule has 0 aliphatic heterocycles. The molecule has 0 fully saturated rings. The molecule has 0 saturated heterocycles. The second-order valence-corrected chi connectivity index (χ2v) is 48.6. The van der Waals surface area contributed by atoms with Crippen LogP contribution in [-0.4, -0.2) is 130 Å². The van der Waals surface area contributed by atoms with Gasteiger partial charge in [0, 0.05) is 63.6 Å². The minimum atomic E-state index is -1.12. The number of rotatable bonds is 22. The first kappa shape index (κ1) is 113. The maximum absolute atomic E-state index is 14.1. The summed E-state index contributed by atoms with van der Waals surface area (Å²) in [5.74, 6) is -10.0. The van der Waals surface area contributed by atoms with Crippen LogP contribution in [0.1, 0.15) is 309 Å². The van der Waals surface area contributed by atoms with Crippen molar-refractivity contribution in [3.8, 4) is 23.0 Å². The number of halogens is 4. The van der Waals surface area contributed by atoms with Crippen LogP contribution in [0.2, 0.25) is 0 Å². The number of carboxylic acid groups (broad SMARTS) is 6. The van der Waals surface area contributed by atoms with Gasteiger partial charge < -0.3 is 81.5 Å². The third-order valence-electron chi connectivity index (χ3n) is 27.1. The second-order valence-electron chi connectivity index (χ2n) is 42.0. The molecule has 6 aliphatic rings. The lowest BCUT2D eigenvalue weighted by atomic mass is 9.77. The lowest BCUT2D eigenvalue weighted by Crippen LogP contribution is -2.22. The molecule has 28 nitrogen and oxygen atoms in total. The summed E-state index contributed by atoms with van der Waals surface area (Å²) in [4.78, 5) is 151.